The third-order valence-corrected chi connectivity index (χ3v) is 2.88. The van der Waals surface area contributed by atoms with E-state index in [4.69, 9.17) is 16.3 Å². The lowest BCUT2D eigenvalue weighted by atomic mass is 10.5. The highest BCUT2D eigenvalue weighted by atomic mass is 35.5. The molecule has 0 aromatic carbocycles. The average molecular weight is 241 g/mol. The lowest BCUT2D eigenvalue weighted by Crippen LogP contribution is -1.97. The number of alkyl halides is 1. The van der Waals surface area contributed by atoms with Crippen LogP contribution in [0.4, 0.5) is 0 Å². The fourth-order valence-corrected chi connectivity index (χ4v) is 1.78. The van der Waals surface area contributed by atoms with Crippen LogP contribution in [0.1, 0.15) is 10.6 Å². The van der Waals surface area contributed by atoms with Crippen LogP contribution in [0.3, 0.4) is 0 Å². The van der Waals surface area contributed by atoms with E-state index >= 15 is 0 Å². The van der Waals surface area contributed by atoms with E-state index in [1.165, 1.54) is 4.88 Å². The Bertz CT molecular complexity index is 402. The molecule has 2 aromatic heterocycles. The van der Waals surface area contributed by atoms with Crippen molar-refractivity contribution in [2.24, 2.45) is 0 Å². The number of hydrogen-bond donors (Lipinski definition) is 0. The maximum atomic E-state index is 5.60. The van der Waals surface area contributed by atoms with Crippen LogP contribution in [0.25, 0.3) is 0 Å². The van der Waals surface area contributed by atoms with E-state index in [0.717, 1.165) is 5.69 Å². The quantitative estimate of drug-likeness (QED) is 0.771. The molecule has 0 amide bonds. The van der Waals surface area contributed by atoms with Crippen molar-refractivity contribution in [1.29, 1.82) is 0 Å². The number of hydrogen-bond acceptors (Lipinski definition) is 4. The standard InChI is InChI=1S/C10H9ClN2OS/c11-4-8-5-13-10(6-12-8)14-7-9-2-1-3-15-9/h1-3,5-6H,4,7H2. The third-order valence-electron chi connectivity index (χ3n) is 1.76. The van der Waals surface area contributed by atoms with Gasteiger partial charge in [0.2, 0.25) is 5.88 Å². The second kappa shape index (κ2) is 5.09. The molecule has 0 aliphatic heterocycles. The van der Waals surface area contributed by atoms with Crippen LogP contribution in [0, 0.1) is 0 Å². The monoisotopic (exact) mass is 240 g/mol. The van der Waals surface area contributed by atoms with E-state index in [0.29, 0.717) is 18.4 Å². The van der Waals surface area contributed by atoms with Crippen molar-refractivity contribution < 1.29 is 4.74 Å². The summed E-state index contributed by atoms with van der Waals surface area (Å²) in [5.74, 6) is 0.898. The highest BCUT2D eigenvalue weighted by Gasteiger charge is 1.99. The summed E-state index contributed by atoms with van der Waals surface area (Å²) in [5.41, 5.74) is 0.750. The van der Waals surface area contributed by atoms with Gasteiger partial charge in [-0.15, -0.1) is 22.9 Å². The van der Waals surface area contributed by atoms with E-state index in [-0.39, 0.29) is 0 Å². The molecule has 0 bridgehead atoms. The van der Waals surface area contributed by atoms with Gasteiger partial charge in [-0.2, -0.15) is 0 Å². The lowest BCUT2D eigenvalue weighted by Gasteiger charge is -2.02. The molecule has 0 saturated heterocycles. The summed E-state index contributed by atoms with van der Waals surface area (Å²) >= 11 is 7.25. The predicted octanol–water partition coefficient (Wildman–Crippen LogP) is 2.86. The molecule has 0 spiro atoms. The van der Waals surface area contributed by atoms with E-state index in [9.17, 15) is 0 Å². The first-order valence-corrected chi connectivity index (χ1v) is 5.82. The number of rotatable bonds is 4. The molecule has 0 fully saturated rings. The minimum Gasteiger partial charge on any atom is -0.471 e. The van der Waals surface area contributed by atoms with Crippen molar-refractivity contribution in [3.8, 4) is 5.88 Å². The van der Waals surface area contributed by atoms with Gasteiger partial charge in [-0.1, -0.05) is 6.07 Å². The number of nitrogens with zero attached hydrogens (tertiary/aromatic N) is 2. The molecule has 3 nitrogen and oxygen atoms in total. The molecule has 15 heavy (non-hydrogen) atoms. The molecule has 2 aromatic rings. The minimum atomic E-state index is 0.373. The van der Waals surface area contributed by atoms with Crippen LogP contribution in [0.5, 0.6) is 5.88 Å². The molecule has 2 heterocycles. The van der Waals surface area contributed by atoms with Crippen LogP contribution in [0.2, 0.25) is 0 Å². The highest BCUT2D eigenvalue weighted by Crippen LogP contribution is 2.12. The van der Waals surface area contributed by atoms with Gasteiger partial charge in [0.05, 0.1) is 24.0 Å². The van der Waals surface area contributed by atoms with E-state index in [2.05, 4.69) is 9.97 Å². The molecule has 0 unspecified atom stereocenters. The summed E-state index contributed by atoms with van der Waals surface area (Å²) in [5, 5.41) is 2.01. The second-order valence-corrected chi connectivity index (χ2v) is 4.15. The molecular weight excluding hydrogens is 232 g/mol. The zero-order valence-electron chi connectivity index (χ0n) is 7.89. The summed E-state index contributed by atoms with van der Waals surface area (Å²) in [7, 11) is 0. The Labute approximate surface area is 96.7 Å². The molecule has 0 atom stereocenters. The van der Waals surface area contributed by atoms with E-state index in [1.807, 2.05) is 17.5 Å². The molecule has 5 heteroatoms. The number of thiophene rings is 1. The Balaban J connectivity index is 1.93. The fourth-order valence-electron chi connectivity index (χ4n) is 1.03. The Kier molecular flexibility index (Phi) is 3.53. The SMILES string of the molecule is ClCc1cnc(OCc2cccs2)cn1. The summed E-state index contributed by atoms with van der Waals surface area (Å²) in [6.45, 7) is 0.534. The first-order chi connectivity index (χ1) is 7.38. The van der Waals surface area contributed by atoms with Crippen molar-refractivity contribution >= 4 is 22.9 Å². The summed E-state index contributed by atoms with van der Waals surface area (Å²) in [6.07, 6.45) is 3.21. The number of ether oxygens (including phenoxy) is 1. The maximum absolute atomic E-state index is 5.60. The topological polar surface area (TPSA) is 35.0 Å². The predicted molar refractivity (Wildman–Crippen MR) is 60.2 cm³/mol. The van der Waals surface area contributed by atoms with E-state index in [1.54, 1.807) is 23.7 Å². The van der Waals surface area contributed by atoms with Crippen LogP contribution in [-0.2, 0) is 12.5 Å². The van der Waals surface area contributed by atoms with Gasteiger partial charge >= 0.3 is 0 Å². The average Bonchev–Trinajstić information content (AvgIpc) is 2.80. The number of halogens is 1. The van der Waals surface area contributed by atoms with Gasteiger partial charge in [0.15, 0.2) is 0 Å². The first-order valence-electron chi connectivity index (χ1n) is 4.40. The van der Waals surface area contributed by atoms with Crippen LogP contribution in [0.15, 0.2) is 29.9 Å². The van der Waals surface area contributed by atoms with E-state index < -0.39 is 0 Å². The van der Waals surface area contributed by atoms with Crippen molar-refractivity contribution in [2.45, 2.75) is 12.5 Å². The van der Waals surface area contributed by atoms with Crippen LogP contribution < -0.4 is 4.74 Å². The van der Waals surface area contributed by atoms with Gasteiger partial charge < -0.3 is 4.74 Å². The number of aromatic nitrogens is 2. The van der Waals surface area contributed by atoms with Crippen LogP contribution in [-0.4, -0.2) is 9.97 Å². The maximum Gasteiger partial charge on any atom is 0.232 e. The van der Waals surface area contributed by atoms with Crippen LogP contribution >= 0.6 is 22.9 Å². The van der Waals surface area contributed by atoms with Crippen molar-refractivity contribution in [2.75, 3.05) is 0 Å². The largest absolute Gasteiger partial charge is 0.471 e. The van der Waals surface area contributed by atoms with Gasteiger partial charge in [-0.3, -0.25) is 4.98 Å². The molecule has 0 radical (unpaired) electrons. The van der Waals surface area contributed by atoms with Gasteiger partial charge in [-0.05, 0) is 11.4 Å². The molecular formula is C10H9ClN2OS. The van der Waals surface area contributed by atoms with Gasteiger partial charge in [0, 0.05) is 4.88 Å². The fraction of sp³-hybridized carbons (Fsp3) is 0.200. The zero-order chi connectivity index (χ0) is 10.5. The van der Waals surface area contributed by atoms with Gasteiger partial charge in [0.1, 0.15) is 6.61 Å². The molecule has 0 saturated carbocycles. The third kappa shape index (κ3) is 2.91. The smallest absolute Gasteiger partial charge is 0.232 e. The Morgan fingerprint density at radius 3 is 2.87 bits per heavy atom. The highest BCUT2D eigenvalue weighted by molar-refractivity contribution is 7.09. The van der Waals surface area contributed by atoms with Gasteiger partial charge in [0.25, 0.3) is 0 Å². The molecule has 2 rings (SSSR count). The second-order valence-electron chi connectivity index (χ2n) is 2.85. The molecule has 0 aliphatic rings. The van der Waals surface area contributed by atoms with Crippen molar-refractivity contribution in [1.82, 2.24) is 9.97 Å². The van der Waals surface area contributed by atoms with Gasteiger partial charge in [-0.25, -0.2) is 4.98 Å². The van der Waals surface area contributed by atoms with Crippen molar-refractivity contribution in [3.63, 3.8) is 0 Å². The minimum absolute atomic E-state index is 0.373. The Morgan fingerprint density at radius 2 is 2.27 bits per heavy atom. The summed E-state index contributed by atoms with van der Waals surface area (Å²) in [6, 6.07) is 4.01. The molecule has 78 valence electrons. The lowest BCUT2D eigenvalue weighted by molar-refractivity contribution is 0.295. The molecule has 0 N–H and O–H groups in total. The van der Waals surface area contributed by atoms with Crippen molar-refractivity contribution in [3.05, 3.63) is 40.5 Å². The molecule has 0 aliphatic carbocycles. The Morgan fingerprint density at radius 1 is 1.33 bits per heavy atom. The zero-order valence-corrected chi connectivity index (χ0v) is 9.46. The normalized spacial score (nSPS) is 10.2. The first kappa shape index (κ1) is 10.4. The summed E-state index contributed by atoms with van der Waals surface area (Å²) < 4.78 is 5.44. The summed E-state index contributed by atoms with van der Waals surface area (Å²) in [4.78, 5) is 9.33. The Hall–Kier alpha value is -1.13.